The van der Waals surface area contributed by atoms with Gasteiger partial charge in [-0.25, -0.2) is 4.98 Å². The van der Waals surface area contributed by atoms with Gasteiger partial charge in [0, 0.05) is 5.69 Å². The van der Waals surface area contributed by atoms with Gasteiger partial charge in [0.25, 0.3) is 5.56 Å². The molecule has 4 aromatic rings. The summed E-state index contributed by atoms with van der Waals surface area (Å²) in [5, 5.41) is 4.56. The van der Waals surface area contributed by atoms with Crippen LogP contribution in [0.3, 0.4) is 0 Å². The molecule has 0 aliphatic rings. The molecule has 0 spiro atoms. The number of anilines is 1. The lowest BCUT2D eigenvalue weighted by Crippen LogP contribution is -2.24. The molecule has 4 rings (SSSR count). The van der Waals surface area contributed by atoms with Crippen LogP contribution in [-0.2, 0) is 4.79 Å². The first-order valence-corrected chi connectivity index (χ1v) is 12.1. The molecule has 0 bridgehead atoms. The van der Waals surface area contributed by atoms with E-state index in [-0.39, 0.29) is 23.1 Å². The lowest BCUT2D eigenvalue weighted by Gasteiger charge is -2.18. The van der Waals surface area contributed by atoms with E-state index < -0.39 is 0 Å². The molecule has 8 heteroatoms. The fourth-order valence-corrected chi connectivity index (χ4v) is 4.61. The predicted octanol–water partition coefficient (Wildman–Crippen LogP) is 6.55. The molecule has 0 atom stereocenters. The first-order valence-electron chi connectivity index (χ1n) is 10.3. The van der Waals surface area contributed by atoms with Gasteiger partial charge in [-0.1, -0.05) is 79.1 Å². The van der Waals surface area contributed by atoms with Crippen LogP contribution < -0.4 is 10.9 Å². The van der Waals surface area contributed by atoms with Crippen molar-refractivity contribution in [3.8, 4) is 5.69 Å². The van der Waals surface area contributed by atoms with Crippen LogP contribution in [0.1, 0.15) is 25.3 Å². The second kappa shape index (κ2) is 10.00. The molecule has 0 aliphatic carbocycles. The van der Waals surface area contributed by atoms with E-state index in [0.29, 0.717) is 31.8 Å². The summed E-state index contributed by atoms with van der Waals surface area (Å²) < 4.78 is 1.61. The lowest BCUT2D eigenvalue weighted by molar-refractivity contribution is -0.113. The van der Waals surface area contributed by atoms with Crippen LogP contribution >= 0.6 is 35.0 Å². The van der Waals surface area contributed by atoms with Crippen molar-refractivity contribution in [2.45, 2.75) is 24.9 Å². The molecule has 0 unspecified atom stereocenters. The van der Waals surface area contributed by atoms with Crippen LogP contribution in [0.25, 0.3) is 16.6 Å². The number of amides is 1. The van der Waals surface area contributed by atoms with Crippen molar-refractivity contribution in [1.29, 1.82) is 0 Å². The van der Waals surface area contributed by atoms with Crippen molar-refractivity contribution >= 4 is 57.5 Å². The highest BCUT2D eigenvalue weighted by Crippen LogP contribution is 2.28. The highest BCUT2D eigenvalue weighted by molar-refractivity contribution is 7.99. The predicted molar refractivity (Wildman–Crippen MR) is 137 cm³/mol. The molecule has 0 saturated heterocycles. The number of carbonyl (C=O) groups excluding carboxylic acids is 1. The summed E-state index contributed by atoms with van der Waals surface area (Å²) in [5.74, 6) is 0.0226. The molecular weight excluding hydrogens is 477 g/mol. The van der Waals surface area contributed by atoms with Crippen molar-refractivity contribution in [2.75, 3.05) is 11.1 Å². The lowest BCUT2D eigenvalue weighted by atomic mass is 10.0. The molecular formula is C25H21Cl2N3O2S. The molecule has 0 saturated carbocycles. The number of halogens is 2. The number of hydrogen-bond donors (Lipinski definition) is 1. The largest absolute Gasteiger partial charge is 0.325 e. The number of rotatable bonds is 6. The zero-order valence-electron chi connectivity index (χ0n) is 18.0. The topological polar surface area (TPSA) is 64.0 Å². The Hall–Kier alpha value is -2.80. The highest BCUT2D eigenvalue weighted by Gasteiger charge is 2.18. The number of carbonyl (C=O) groups is 1. The van der Waals surface area contributed by atoms with E-state index in [2.05, 4.69) is 19.2 Å². The minimum Gasteiger partial charge on any atom is -0.325 e. The Bertz CT molecular complexity index is 1400. The fraction of sp³-hybridized carbons (Fsp3) is 0.160. The zero-order chi connectivity index (χ0) is 23.5. The third kappa shape index (κ3) is 5.08. The summed E-state index contributed by atoms with van der Waals surface area (Å²) in [6.07, 6.45) is 0. The molecule has 1 aromatic heterocycles. The molecule has 1 amide bonds. The maximum absolute atomic E-state index is 13.5. The Kier molecular flexibility index (Phi) is 7.08. The summed E-state index contributed by atoms with van der Waals surface area (Å²) in [7, 11) is 0. The molecule has 5 nitrogen and oxygen atoms in total. The fourth-order valence-electron chi connectivity index (χ4n) is 3.50. The van der Waals surface area contributed by atoms with Gasteiger partial charge in [0.05, 0.1) is 32.4 Å². The van der Waals surface area contributed by atoms with Gasteiger partial charge in [0.2, 0.25) is 5.91 Å². The van der Waals surface area contributed by atoms with Gasteiger partial charge in [-0.3, -0.25) is 14.2 Å². The monoisotopic (exact) mass is 497 g/mol. The Morgan fingerprint density at radius 2 is 1.76 bits per heavy atom. The second-order valence-electron chi connectivity index (χ2n) is 7.73. The Balaban J connectivity index is 1.71. The Morgan fingerprint density at radius 1 is 1.03 bits per heavy atom. The van der Waals surface area contributed by atoms with Crippen molar-refractivity contribution in [3.63, 3.8) is 0 Å². The number of para-hydroxylation sites is 2. The van der Waals surface area contributed by atoms with Gasteiger partial charge in [-0.15, -0.1) is 0 Å². The van der Waals surface area contributed by atoms with Gasteiger partial charge in [0.15, 0.2) is 5.16 Å². The van der Waals surface area contributed by atoms with E-state index in [0.717, 1.165) is 11.3 Å². The van der Waals surface area contributed by atoms with Gasteiger partial charge in [-0.2, -0.15) is 0 Å². The van der Waals surface area contributed by atoms with Crippen molar-refractivity contribution in [3.05, 3.63) is 92.7 Å². The van der Waals surface area contributed by atoms with E-state index in [1.165, 1.54) is 11.8 Å². The third-order valence-corrected chi connectivity index (χ3v) is 6.76. The summed E-state index contributed by atoms with van der Waals surface area (Å²) in [6.45, 7) is 4.16. The Morgan fingerprint density at radius 3 is 2.52 bits per heavy atom. The average Bonchev–Trinajstić information content (AvgIpc) is 2.80. The minimum atomic E-state index is -0.246. The minimum absolute atomic E-state index is 0.0644. The number of benzene rings is 3. The van der Waals surface area contributed by atoms with Crippen LogP contribution in [0.15, 0.2) is 76.7 Å². The number of thioether (sulfide) groups is 1. The first kappa shape index (κ1) is 23.4. The van der Waals surface area contributed by atoms with Gasteiger partial charge in [-0.05, 0) is 47.9 Å². The standard InChI is InChI=1S/C25H21Cl2N3O2S/c1-15(2)17-7-4-6-10-22(17)30-24(32)18-8-3-5-9-21(18)29-25(30)33-14-23(31)28-16-11-12-19(26)20(27)13-16/h3-13,15H,14H2,1-2H3,(H,28,31). The number of hydrogen-bond acceptors (Lipinski definition) is 4. The van der Waals surface area contributed by atoms with Crippen LogP contribution in [0.4, 0.5) is 5.69 Å². The van der Waals surface area contributed by atoms with E-state index in [4.69, 9.17) is 28.2 Å². The molecule has 0 radical (unpaired) electrons. The molecule has 168 valence electrons. The summed E-state index contributed by atoms with van der Waals surface area (Å²) in [5.41, 5.74) is 2.76. The number of nitrogens with zero attached hydrogens (tertiary/aromatic N) is 2. The van der Waals surface area contributed by atoms with Crippen molar-refractivity contribution in [2.24, 2.45) is 0 Å². The number of aromatic nitrogens is 2. The SMILES string of the molecule is CC(C)c1ccccc1-n1c(SCC(=O)Nc2ccc(Cl)c(Cl)c2)nc2ccccc2c1=O. The highest BCUT2D eigenvalue weighted by atomic mass is 35.5. The van der Waals surface area contributed by atoms with E-state index in [9.17, 15) is 9.59 Å². The van der Waals surface area contributed by atoms with Gasteiger partial charge >= 0.3 is 0 Å². The second-order valence-corrected chi connectivity index (χ2v) is 9.49. The number of fused-ring (bicyclic) bond motifs is 1. The summed E-state index contributed by atoms with van der Waals surface area (Å²) >= 11 is 13.2. The van der Waals surface area contributed by atoms with Crippen LogP contribution in [-0.4, -0.2) is 21.2 Å². The smallest absolute Gasteiger partial charge is 0.266 e. The van der Waals surface area contributed by atoms with Gasteiger partial charge < -0.3 is 5.32 Å². The quantitative estimate of drug-likeness (QED) is 0.242. The number of nitrogens with one attached hydrogen (secondary N) is 1. The van der Waals surface area contributed by atoms with E-state index in [1.807, 2.05) is 36.4 Å². The molecule has 0 aliphatic heterocycles. The van der Waals surface area contributed by atoms with Crippen molar-refractivity contribution < 1.29 is 4.79 Å². The Labute approximate surface area is 205 Å². The summed E-state index contributed by atoms with van der Waals surface area (Å²) in [4.78, 5) is 30.9. The molecule has 33 heavy (non-hydrogen) atoms. The molecule has 1 N–H and O–H groups in total. The van der Waals surface area contributed by atoms with Crippen LogP contribution in [0.5, 0.6) is 0 Å². The third-order valence-electron chi connectivity index (χ3n) is 5.08. The first-order chi connectivity index (χ1) is 15.8. The summed E-state index contributed by atoms with van der Waals surface area (Å²) in [6, 6.07) is 19.9. The van der Waals surface area contributed by atoms with E-state index in [1.54, 1.807) is 34.9 Å². The van der Waals surface area contributed by atoms with Crippen LogP contribution in [0, 0.1) is 0 Å². The van der Waals surface area contributed by atoms with Crippen LogP contribution in [0.2, 0.25) is 10.0 Å². The molecule has 1 heterocycles. The van der Waals surface area contributed by atoms with E-state index >= 15 is 0 Å². The molecule has 0 fully saturated rings. The van der Waals surface area contributed by atoms with Crippen molar-refractivity contribution in [1.82, 2.24) is 9.55 Å². The zero-order valence-corrected chi connectivity index (χ0v) is 20.3. The van der Waals surface area contributed by atoms with Gasteiger partial charge in [0.1, 0.15) is 0 Å². The average molecular weight is 498 g/mol. The normalized spacial score (nSPS) is 11.2. The molecule has 3 aromatic carbocycles. The maximum Gasteiger partial charge on any atom is 0.266 e. The maximum atomic E-state index is 13.5.